The first-order valence-corrected chi connectivity index (χ1v) is 8.52. The molecule has 4 rings (SSSR count). The molecule has 9 heteroatoms. The number of nitrogens with zero attached hydrogens (tertiary/aromatic N) is 2. The van der Waals surface area contributed by atoms with Gasteiger partial charge in [0.25, 0.3) is 11.9 Å². The summed E-state index contributed by atoms with van der Waals surface area (Å²) in [6.07, 6.45) is 1.57. The third-order valence-corrected chi connectivity index (χ3v) is 5.21. The van der Waals surface area contributed by atoms with Crippen LogP contribution in [0.1, 0.15) is 24.0 Å². The highest BCUT2D eigenvalue weighted by Crippen LogP contribution is 2.56. The number of halogens is 5. The molecule has 0 unspecified atom stereocenters. The van der Waals surface area contributed by atoms with Crippen molar-refractivity contribution >= 4 is 17.6 Å². The Hall–Kier alpha value is -2.35. The summed E-state index contributed by atoms with van der Waals surface area (Å²) < 4.78 is 63.4. The Labute approximate surface area is 157 Å². The molecule has 1 aromatic heterocycles. The highest BCUT2D eigenvalue weighted by atomic mass is 35.5. The highest BCUT2D eigenvalue weighted by molar-refractivity contribution is 6.30. The number of ether oxygens (including phenoxy) is 1. The Morgan fingerprint density at radius 1 is 1.00 bits per heavy atom. The number of rotatable bonds is 1. The topological polar surface area (TPSA) is 60.5 Å². The summed E-state index contributed by atoms with van der Waals surface area (Å²) in [5.41, 5.74) is 3.54. The van der Waals surface area contributed by atoms with Crippen molar-refractivity contribution in [1.82, 2.24) is 4.98 Å². The summed E-state index contributed by atoms with van der Waals surface area (Å²) in [4.78, 5) is 7.78. The van der Waals surface area contributed by atoms with Crippen molar-refractivity contribution in [1.29, 1.82) is 0 Å². The van der Waals surface area contributed by atoms with Crippen molar-refractivity contribution in [3.05, 3.63) is 52.8 Å². The normalized spacial score (nSPS) is 25.4. The fourth-order valence-electron chi connectivity index (χ4n) is 3.64. The van der Waals surface area contributed by atoms with E-state index in [0.717, 1.165) is 6.07 Å². The first-order valence-electron chi connectivity index (χ1n) is 8.14. The molecule has 0 saturated carbocycles. The van der Waals surface area contributed by atoms with E-state index in [1.165, 1.54) is 24.5 Å². The van der Waals surface area contributed by atoms with E-state index in [9.17, 15) is 17.6 Å². The van der Waals surface area contributed by atoms with Gasteiger partial charge in [-0.15, -0.1) is 0 Å². The average Bonchev–Trinajstić information content (AvgIpc) is 2.61. The Kier molecular flexibility index (Phi) is 3.89. The van der Waals surface area contributed by atoms with Crippen molar-refractivity contribution in [3.63, 3.8) is 0 Å². The molecule has 142 valence electrons. The standard InChI is InChI=1S/C18H14ClF4N3O/c19-12-5-11(7-25-8-12)10-1-2-13-14(6-10)16(3-4-17(13,20)21)18(22,23)9-27-15(24)26-16/h1-2,5-8H,3-4,9H2,(H2,24,26)/t16-/m1/s1. The zero-order valence-electron chi connectivity index (χ0n) is 13.9. The molecule has 27 heavy (non-hydrogen) atoms. The maximum absolute atomic E-state index is 14.9. The number of amidine groups is 1. The number of alkyl halides is 4. The summed E-state index contributed by atoms with van der Waals surface area (Å²) in [6.45, 7) is -1.02. The van der Waals surface area contributed by atoms with E-state index in [0.29, 0.717) is 16.1 Å². The Morgan fingerprint density at radius 3 is 2.52 bits per heavy atom. The van der Waals surface area contributed by atoms with Gasteiger partial charge < -0.3 is 10.5 Å². The van der Waals surface area contributed by atoms with Gasteiger partial charge in [-0.05, 0) is 29.7 Å². The number of aromatic nitrogens is 1. The van der Waals surface area contributed by atoms with Gasteiger partial charge in [0.2, 0.25) is 0 Å². The van der Waals surface area contributed by atoms with E-state index in [-0.39, 0.29) is 5.56 Å². The van der Waals surface area contributed by atoms with E-state index in [1.54, 1.807) is 6.07 Å². The van der Waals surface area contributed by atoms with Crippen LogP contribution in [0.5, 0.6) is 0 Å². The molecule has 0 amide bonds. The minimum absolute atomic E-state index is 0.257. The van der Waals surface area contributed by atoms with Crippen LogP contribution in [0.25, 0.3) is 11.1 Å². The molecule has 2 aliphatic rings. The third-order valence-electron chi connectivity index (χ3n) is 5.01. The molecule has 1 atom stereocenters. The van der Waals surface area contributed by atoms with Crippen LogP contribution < -0.4 is 5.73 Å². The Morgan fingerprint density at radius 2 is 1.78 bits per heavy atom. The molecule has 1 spiro atoms. The molecule has 2 heterocycles. The zero-order valence-corrected chi connectivity index (χ0v) is 14.6. The number of fused-ring (bicyclic) bond motifs is 2. The van der Waals surface area contributed by atoms with Crippen LogP contribution in [0, 0.1) is 0 Å². The summed E-state index contributed by atoms with van der Waals surface area (Å²) in [6, 6.07) is 5.02. The fraction of sp³-hybridized carbons (Fsp3) is 0.333. The van der Waals surface area contributed by atoms with Crippen molar-refractivity contribution in [2.24, 2.45) is 10.7 Å². The summed E-state index contributed by atoms with van der Waals surface area (Å²) in [5, 5.41) is 0.337. The van der Waals surface area contributed by atoms with Gasteiger partial charge in [0, 0.05) is 29.9 Å². The van der Waals surface area contributed by atoms with Crippen LogP contribution >= 0.6 is 11.6 Å². The van der Waals surface area contributed by atoms with Crippen molar-refractivity contribution in [3.8, 4) is 11.1 Å². The predicted molar refractivity (Wildman–Crippen MR) is 92.0 cm³/mol. The highest BCUT2D eigenvalue weighted by Gasteiger charge is 2.63. The SMILES string of the molecule is NC1=N[C@@]2(CCC(F)(F)c3ccc(-c4cncc(Cl)c4)cc32)C(F)(F)CO1. The van der Waals surface area contributed by atoms with Gasteiger partial charge >= 0.3 is 5.92 Å². The van der Waals surface area contributed by atoms with Crippen LogP contribution in [-0.4, -0.2) is 23.5 Å². The Bertz CT molecular complexity index is 950. The first kappa shape index (κ1) is 18.0. The quantitative estimate of drug-likeness (QED) is 0.720. The minimum atomic E-state index is -3.49. The van der Waals surface area contributed by atoms with Crippen LogP contribution in [0.4, 0.5) is 17.6 Å². The number of pyridine rings is 1. The summed E-state index contributed by atoms with van der Waals surface area (Å²) >= 11 is 5.93. The zero-order chi connectivity index (χ0) is 19.4. The molecule has 1 aliphatic heterocycles. The van der Waals surface area contributed by atoms with E-state index in [1.807, 2.05) is 0 Å². The molecular formula is C18H14ClF4N3O. The molecule has 2 N–H and O–H groups in total. The third kappa shape index (κ3) is 2.74. The monoisotopic (exact) mass is 399 g/mol. The van der Waals surface area contributed by atoms with Crippen molar-refractivity contribution in [2.75, 3.05) is 6.61 Å². The first-order chi connectivity index (χ1) is 12.6. The lowest BCUT2D eigenvalue weighted by molar-refractivity contribution is -0.143. The number of hydrogen-bond acceptors (Lipinski definition) is 4. The smallest absolute Gasteiger partial charge is 0.310 e. The van der Waals surface area contributed by atoms with Crippen molar-refractivity contribution < 1.29 is 22.3 Å². The Balaban J connectivity index is 1.98. The fourth-order valence-corrected chi connectivity index (χ4v) is 3.82. The van der Waals surface area contributed by atoms with E-state index in [4.69, 9.17) is 17.3 Å². The van der Waals surface area contributed by atoms with Crippen LogP contribution in [-0.2, 0) is 16.2 Å². The molecule has 0 saturated heterocycles. The van der Waals surface area contributed by atoms with Crippen LogP contribution in [0.2, 0.25) is 5.02 Å². The lowest BCUT2D eigenvalue weighted by atomic mass is 9.70. The maximum atomic E-state index is 14.9. The number of aliphatic imine (C=N–C) groups is 1. The van der Waals surface area contributed by atoms with Gasteiger partial charge in [-0.3, -0.25) is 4.98 Å². The molecule has 0 fully saturated rings. The van der Waals surface area contributed by atoms with E-state index in [2.05, 4.69) is 14.7 Å². The second kappa shape index (κ2) is 5.82. The second-order valence-electron chi connectivity index (χ2n) is 6.66. The summed E-state index contributed by atoms with van der Waals surface area (Å²) in [5.74, 6) is -6.74. The molecule has 0 radical (unpaired) electrons. The van der Waals surface area contributed by atoms with Gasteiger partial charge in [-0.25, -0.2) is 13.8 Å². The molecular weight excluding hydrogens is 386 g/mol. The summed E-state index contributed by atoms with van der Waals surface area (Å²) in [7, 11) is 0. The number of hydrogen-bond donors (Lipinski definition) is 1. The van der Waals surface area contributed by atoms with Crippen LogP contribution in [0.3, 0.4) is 0 Å². The largest absolute Gasteiger partial charge is 0.459 e. The molecule has 0 bridgehead atoms. The molecule has 4 nitrogen and oxygen atoms in total. The van der Waals surface area contributed by atoms with Gasteiger partial charge in [-0.1, -0.05) is 23.7 Å². The number of nitrogens with two attached hydrogens (primary N) is 1. The number of benzene rings is 1. The minimum Gasteiger partial charge on any atom is -0.459 e. The van der Waals surface area contributed by atoms with Gasteiger partial charge in [-0.2, -0.15) is 8.78 Å². The molecule has 1 aliphatic carbocycles. The van der Waals surface area contributed by atoms with E-state index < -0.39 is 48.4 Å². The van der Waals surface area contributed by atoms with E-state index >= 15 is 0 Å². The second-order valence-corrected chi connectivity index (χ2v) is 7.10. The van der Waals surface area contributed by atoms with Gasteiger partial charge in [0.15, 0.2) is 12.1 Å². The lowest BCUT2D eigenvalue weighted by Gasteiger charge is -2.45. The average molecular weight is 400 g/mol. The molecule has 2 aromatic rings. The van der Waals surface area contributed by atoms with Crippen LogP contribution in [0.15, 0.2) is 41.7 Å². The van der Waals surface area contributed by atoms with Gasteiger partial charge in [0.05, 0.1) is 5.02 Å². The maximum Gasteiger partial charge on any atom is 0.310 e. The van der Waals surface area contributed by atoms with Gasteiger partial charge in [0.1, 0.15) is 0 Å². The van der Waals surface area contributed by atoms with Crippen molar-refractivity contribution in [2.45, 2.75) is 30.2 Å². The lowest BCUT2D eigenvalue weighted by Crippen LogP contribution is -2.55. The molecule has 1 aromatic carbocycles. The predicted octanol–water partition coefficient (Wildman–Crippen LogP) is 4.46.